The average Bonchev–Trinajstić information content (AvgIpc) is 2.03. The van der Waals surface area contributed by atoms with Crippen LogP contribution in [0.25, 0.3) is 0 Å². The van der Waals surface area contributed by atoms with Gasteiger partial charge in [-0.1, -0.05) is 13.8 Å². The molecule has 0 aliphatic carbocycles. The number of rotatable bonds is 2. The summed E-state index contributed by atoms with van der Waals surface area (Å²) in [5.74, 6) is 0.393. The normalized spacial score (nSPS) is 13.4. The van der Waals surface area contributed by atoms with Gasteiger partial charge < -0.3 is 5.73 Å². The molecule has 1 aromatic rings. The van der Waals surface area contributed by atoms with Crippen molar-refractivity contribution >= 4 is 31.9 Å². The third-order valence-electron chi connectivity index (χ3n) is 1.87. The number of nitrogens with zero attached hydrogens (tertiary/aromatic N) is 1. The second-order valence-electron chi connectivity index (χ2n) is 3.29. The van der Waals surface area contributed by atoms with Crippen LogP contribution in [0.2, 0.25) is 0 Å². The van der Waals surface area contributed by atoms with Gasteiger partial charge in [-0.25, -0.2) is 0 Å². The molecule has 0 spiro atoms. The molecule has 1 atom stereocenters. The lowest BCUT2D eigenvalue weighted by atomic mass is 10.0. The van der Waals surface area contributed by atoms with E-state index < -0.39 is 0 Å². The van der Waals surface area contributed by atoms with E-state index in [2.05, 4.69) is 50.7 Å². The van der Waals surface area contributed by atoms with Crippen molar-refractivity contribution < 1.29 is 0 Å². The molecular weight excluding hydrogens is 296 g/mol. The average molecular weight is 308 g/mol. The predicted molar refractivity (Wildman–Crippen MR) is 61.4 cm³/mol. The molecule has 72 valence electrons. The van der Waals surface area contributed by atoms with E-state index in [0.29, 0.717) is 5.92 Å². The topological polar surface area (TPSA) is 38.9 Å². The standard InChI is InChI=1S/C9H12Br2N2/c1-5(2)8(12)9-7(11)3-6(10)4-13-9/h3-5,8H,12H2,1-2H3. The van der Waals surface area contributed by atoms with Crippen molar-refractivity contribution in [1.82, 2.24) is 4.98 Å². The fourth-order valence-electron chi connectivity index (χ4n) is 0.986. The van der Waals surface area contributed by atoms with Crippen LogP contribution in [0.3, 0.4) is 0 Å². The van der Waals surface area contributed by atoms with Gasteiger partial charge in [-0.05, 0) is 43.8 Å². The molecule has 0 saturated carbocycles. The quantitative estimate of drug-likeness (QED) is 0.911. The zero-order chi connectivity index (χ0) is 10.0. The summed E-state index contributed by atoms with van der Waals surface area (Å²) in [5.41, 5.74) is 6.90. The minimum atomic E-state index is -0.0116. The van der Waals surface area contributed by atoms with E-state index in [9.17, 15) is 0 Å². The Bertz CT molecular complexity index is 300. The van der Waals surface area contributed by atoms with Crippen LogP contribution in [-0.4, -0.2) is 4.98 Å². The van der Waals surface area contributed by atoms with Gasteiger partial charge in [0.2, 0.25) is 0 Å². The summed E-state index contributed by atoms with van der Waals surface area (Å²) >= 11 is 6.79. The molecular formula is C9H12Br2N2. The van der Waals surface area contributed by atoms with E-state index in [1.54, 1.807) is 6.20 Å². The molecule has 0 bridgehead atoms. The Morgan fingerprint density at radius 3 is 2.46 bits per heavy atom. The Balaban J connectivity index is 3.01. The lowest BCUT2D eigenvalue weighted by molar-refractivity contribution is 0.501. The van der Waals surface area contributed by atoms with Crippen LogP contribution < -0.4 is 5.73 Å². The maximum atomic E-state index is 5.98. The van der Waals surface area contributed by atoms with Gasteiger partial charge in [-0.2, -0.15) is 0 Å². The van der Waals surface area contributed by atoms with E-state index >= 15 is 0 Å². The Morgan fingerprint density at radius 2 is 2.00 bits per heavy atom. The van der Waals surface area contributed by atoms with Gasteiger partial charge in [0.15, 0.2) is 0 Å². The van der Waals surface area contributed by atoms with Crippen molar-refractivity contribution in [3.8, 4) is 0 Å². The van der Waals surface area contributed by atoms with E-state index in [1.165, 1.54) is 0 Å². The minimum absolute atomic E-state index is 0.0116. The summed E-state index contributed by atoms with van der Waals surface area (Å²) in [7, 11) is 0. The number of halogens is 2. The molecule has 1 unspecified atom stereocenters. The third-order valence-corrected chi connectivity index (χ3v) is 2.94. The molecule has 0 aromatic carbocycles. The highest BCUT2D eigenvalue weighted by atomic mass is 79.9. The lowest BCUT2D eigenvalue weighted by Crippen LogP contribution is -2.18. The number of nitrogens with two attached hydrogens (primary N) is 1. The Morgan fingerprint density at radius 1 is 1.38 bits per heavy atom. The predicted octanol–water partition coefficient (Wildman–Crippen LogP) is 3.26. The SMILES string of the molecule is CC(C)C(N)c1ncc(Br)cc1Br. The van der Waals surface area contributed by atoms with Crippen LogP contribution >= 0.6 is 31.9 Å². The summed E-state index contributed by atoms with van der Waals surface area (Å²) in [6, 6.07) is 1.95. The van der Waals surface area contributed by atoms with Gasteiger partial charge in [0.1, 0.15) is 0 Å². The molecule has 0 radical (unpaired) electrons. The van der Waals surface area contributed by atoms with Crippen LogP contribution in [0, 0.1) is 5.92 Å². The fraction of sp³-hybridized carbons (Fsp3) is 0.444. The molecule has 2 nitrogen and oxygen atoms in total. The van der Waals surface area contributed by atoms with Crippen LogP contribution in [0.5, 0.6) is 0 Å². The lowest BCUT2D eigenvalue weighted by Gasteiger charge is -2.16. The van der Waals surface area contributed by atoms with Crippen molar-refractivity contribution in [2.24, 2.45) is 11.7 Å². The molecule has 0 saturated heterocycles. The second-order valence-corrected chi connectivity index (χ2v) is 5.06. The van der Waals surface area contributed by atoms with Gasteiger partial charge in [0.25, 0.3) is 0 Å². The van der Waals surface area contributed by atoms with Crippen LogP contribution in [-0.2, 0) is 0 Å². The van der Waals surface area contributed by atoms with Crippen molar-refractivity contribution in [1.29, 1.82) is 0 Å². The highest BCUT2D eigenvalue weighted by Crippen LogP contribution is 2.26. The van der Waals surface area contributed by atoms with Gasteiger partial charge >= 0.3 is 0 Å². The summed E-state index contributed by atoms with van der Waals surface area (Å²) < 4.78 is 1.92. The number of hydrogen-bond donors (Lipinski definition) is 1. The zero-order valence-electron chi connectivity index (χ0n) is 7.59. The molecule has 1 heterocycles. The van der Waals surface area contributed by atoms with Crippen LogP contribution in [0.1, 0.15) is 25.6 Å². The maximum Gasteiger partial charge on any atom is 0.0716 e. The van der Waals surface area contributed by atoms with E-state index in [-0.39, 0.29) is 6.04 Å². The van der Waals surface area contributed by atoms with Gasteiger partial charge in [0, 0.05) is 15.1 Å². The number of pyridine rings is 1. The highest BCUT2D eigenvalue weighted by molar-refractivity contribution is 9.11. The van der Waals surface area contributed by atoms with E-state index in [1.807, 2.05) is 6.07 Å². The first-order valence-corrected chi connectivity index (χ1v) is 5.67. The third kappa shape index (κ3) is 2.76. The maximum absolute atomic E-state index is 5.98. The molecule has 0 aliphatic heterocycles. The van der Waals surface area contributed by atoms with Crippen molar-refractivity contribution in [3.63, 3.8) is 0 Å². The highest BCUT2D eigenvalue weighted by Gasteiger charge is 2.14. The summed E-state index contributed by atoms with van der Waals surface area (Å²) in [4.78, 5) is 4.28. The fourth-order valence-corrected chi connectivity index (χ4v) is 2.24. The largest absolute Gasteiger partial charge is 0.322 e. The van der Waals surface area contributed by atoms with Gasteiger partial charge in [-0.3, -0.25) is 4.98 Å². The number of aromatic nitrogens is 1. The van der Waals surface area contributed by atoms with Gasteiger partial charge in [0.05, 0.1) is 11.7 Å². The van der Waals surface area contributed by atoms with E-state index in [0.717, 1.165) is 14.6 Å². The Kier molecular flexibility index (Phi) is 3.88. The minimum Gasteiger partial charge on any atom is -0.322 e. The van der Waals surface area contributed by atoms with Crippen LogP contribution in [0.4, 0.5) is 0 Å². The Hall–Kier alpha value is 0.0700. The second kappa shape index (κ2) is 4.53. The molecule has 0 aliphatic rings. The molecule has 0 fully saturated rings. The summed E-state index contributed by atoms with van der Waals surface area (Å²) in [6.07, 6.45) is 1.77. The molecule has 1 rings (SSSR count). The molecule has 13 heavy (non-hydrogen) atoms. The number of hydrogen-bond acceptors (Lipinski definition) is 2. The van der Waals surface area contributed by atoms with Crippen molar-refractivity contribution in [2.75, 3.05) is 0 Å². The molecule has 0 amide bonds. The summed E-state index contributed by atoms with van der Waals surface area (Å²) in [5, 5.41) is 0. The van der Waals surface area contributed by atoms with Gasteiger partial charge in [-0.15, -0.1) is 0 Å². The monoisotopic (exact) mass is 306 g/mol. The smallest absolute Gasteiger partial charge is 0.0716 e. The van der Waals surface area contributed by atoms with E-state index in [4.69, 9.17) is 5.73 Å². The van der Waals surface area contributed by atoms with Crippen molar-refractivity contribution in [2.45, 2.75) is 19.9 Å². The van der Waals surface area contributed by atoms with Crippen molar-refractivity contribution in [3.05, 3.63) is 26.9 Å². The first kappa shape index (κ1) is 11.1. The van der Waals surface area contributed by atoms with Crippen LogP contribution in [0.15, 0.2) is 21.2 Å². The first-order valence-electron chi connectivity index (χ1n) is 4.09. The first-order chi connectivity index (χ1) is 6.02. The zero-order valence-corrected chi connectivity index (χ0v) is 10.8. The Labute approximate surface area is 95.2 Å². The summed E-state index contributed by atoms with van der Waals surface area (Å²) in [6.45, 7) is 4.17. The molecule has 2 N–H and O–H groups in total. The molecule has 1 aromatic heterocycles. The molecule has 4 heteroatoms.